The van der Waals surface area contributed by atoms with E-state index in [0.29, 0.717) is 0 Å². The summed E-state index contributed by atoms with van der Waals surface area (Å²) in [4.78, 5) is 26.0. The number of imidazole rings is 1. The zero-order valence-corrected chi connectivity index (χ0v) is 10.9. The van der Waals surface area contributed by atoms with Gasteiger partial charge < -0.3 is 15.6 Å². The van der Waals surface area contributed by atoms with Gasteiger partial charge in [-0.05, 0) is 37.2 Å². The number of rotatable bonds is 3. The fraction of sp³-hybridized carbons (Fsp3) is 0.286. The van der Waals surface area contributed by atoms with Crippen LogP contribution in [0.4, 0.5) is 5.69 Å². The number of H-pyrrole nitrogens is 1. The molecule has 104 valence electrons. The third-order valence-corrected chi connectivity index (χ3v) is 3.49. The molecule has 1 atom stereocenters. The number of aromatic nitrogens is 2. The summed E-state index contributed by atoms with van der Waals surface area (Å²) in [7, 11) is 0. The summed E-state index contributed by atoms with van der Waals surface area (Å²) in [6, 6.07) is 7.21. The molecule has 0 bridgehead atoms. The molecule has 3 rings (SSSR count). The van der Waals surface area contributed by atoms with Crippen molar-refractivity contribution in [1.29, 1.82) is 0 Å². The van der Waals surface area contributed by atoms with Crippen LogP contribution in [0.3, 0.4) is 0 Å². The van der Waals surface area contributed by atoms with Gasteiger partial charge in [-0.1, -0.05) is 0 Å². The molecule has 2 aromatic rings. The molecule has 0 saturated carbocycles. The van der Waals surface area contributed by atoms with Crippen LogP contribution in [-0.4, -0.2) is 28.5 Å². The van der Waals surface area contributed by atoms with Crippen molar-refractivity contribution in [3.63, 3.8) is 0 Å². The highest BCUT2D eigenvalue weighted by Gasteiger charge is 2.22. The molecule has 1 aromatic heterocycles. The third kappa shape index (κ3) is 2.50. The number of benzene rings is 1. The summed E-state index contributed by atoms with van der Waals surface area (Å²) in [5.74, 6) is 0.0866. The van der Waals surface area contributed by atoms with Crippen molar-refractivity contribution in [1.82, 2.24) is 14.9 Å². The average molecular weight is 272 g/mol. The number of aromatic amines is 1. The van der Waals surface area contributed by atoms with Crippen LogP contribution in [0.25, 0.3) is 5.69 Å². The van der Waals surface area contributed by atoms with E-state index < -0.39 is 0 Å². The van der Waals surface area contributed by atoms with Crippen molar-refractivity contribution in [2.75, 3.05) is 18.4 Å². The number of amides is 1. The minimum Gasteiger partial charge on any atom is -0.326 e. The van der Waals surface area contributed by atoms with Gasteiger partial charge in [0.25, 0.3) is 0 Å². The van der Waals surface area contributed by atoms with Crippen molar-refractivity contribution in [3.8, 4) is 5.69 Å². The van der Waals surface area contributed by atoms with Gasteiger partial charge in [0, 0.05) is 24.6 Å². The van der Waals surface area contributed by atoms with Crippen LogP contribution < -0.4 is 16.3 Å². The van der Waals surface area contributed by atoms with Crippen LogP contribution in [0, 0.1) is 5.92 Å². The maximum atomic E-state index is 12.0. The summed E-state index contributed by atoms with van der Waals surface area (Å²) in [5, 5.41) is 6.07. The lowest BCUT2D eigenvalue weighted by Gasteiger charge is -2.10. The topological polar surface area (TPSA) is 78.9 Å². The van der Waals surface area contributed by atoms with E-state index in [9.17, 15) is 9.59 Å². The molecule has 1 saturated heterocycles. The molecular formula is C14H16N4O2. The summed E-state index contributed by atoms with van der Waals surface area (Å²) in [5.41, 5.74) is 1.32. The first kappa shape index (κ1) is 12.7. The van der Waals surface area contributed by atoms with E-state index in [2.05, 4.69) is 15.6 Å². The summed E-state index contributed by atoms with van der Waals surface area (Å²) in [6.07, 6.45) is 4.13. The van der Waals surface area contributed by atoms with E-state index in [4.69, 9.17) is 0 Å². The first-order valence-electron chi connectivity index (χ1n) is 6.62. The Morgan fingerprint density at radius 1 is 1.30 bits per heavy atom. The number of carbonyl (C=O) groups excluding carboxylic acids is 1. The molecule has 1 aliphatic rings. The molecule has 0 radical (unpaired) electrons. The van der Waals surface area contributed by atoms with E-state index >= 15 is 0 Å². The number of anilines is 1. The predicted molar refractivity (Wildman–Crippen MR) is 76.0 cm³/mol. The van der Waals surface area contributed by atoms with E-state index in [1.807, 2.05) is 0 Å². The highest BCUT2D eigenvalue weighted by molar-refractivity contribution is 5.92. The zero-order chi connectivity index (χ0) is 13.9. The summed E-state index contributed by atoms with van der Waals surface area (Å²) in [6.45, 7) is 1.64. The van der Waals surface area contributed by atoms with E-state index in [0.717, 1.165) is 30.9 Å². The van der Waals surface area contributed by atoms with Crippen LogP contribution in [-0.2, 0) is 4.79 Å². The van der Waals surface area contributed by atoms with Crippen molar-refractivity contribution in [2.24, 2.45) is 5.92 Å². The minimum atomic E-state index is -0.182. The van der Waals surface area contributed by atoms with Gasteiger partial charge in [-0.2, -0.15) is 0 Å². The maximum Gasteiger partial charge on any atom is 0.330 e. The van der Waals surface area contributed by atoms with Crippen molar-refractivity contribution in [3.05, 3.63) is 47.1 Å². The Bertz CT molecular complexity index is 650. The van der Waals surface area contributed by atoms with Gasteiger partial charge in [0.1, 0.15) is 0 Å². The van der Waals surface area contributed by atoms with Gasteiger partial charge in [0.2, 0.25) is 5.91 Å². The molecule has 0 aliphatic carbocycles. The Balaban J connectivity index is 1.71. The number of nitrogens with zero attached hydrogens (tertiary/aromatic N) is 1. The van der Waals surface area contributed by atoms with Crippen LogP contribution in [0.15, 0.2) is 41.5 Å². The van der Waals surface area contributed by atoms with Crippen LogP contribution in [0.1, 0.15) is 6.42 Å². The molecule has 1 aliphatic heterocycles. The van der Waals surface area contributed by atoms with Crippen molar-refractivity contribution < 1.29 is 4.79 Å². The molecule has 1 aromatic carbocycles. The van der Waals surface area contributed by atoms with Gasteiger partial charge in [-0.15, -0.1) is 0 Å². The molecule has 1 amide bonds. The normalized spacial score (nSPS) is 18.1. The summed E-state index contributed by atoms with van der Waals surface area (Å²) >= 11 is 0. The Labute approximate surface area is 115 Å². The highest BCUT2D eigenvalue weighted by Crippen LogP contribution is 2.15. The Morgan fingerprint density at radius 2 is 2.10 bits per heavy atom. The average Bonchev–Trinajstić information content (AvgIpc) is 3.11. The van der Waals surface area contributed by atoms with Crippen LogP contribution in [0.5, 0.6) is 0 Å². The SMILES string of the molecule is O=C(Nc1ccc(-n2cc[nH]c2=O)cc1)C1CCNC1. The summed E-state index contributed by atoms with van der Waals surface area (Å²) < 4.78 is 1.51. The van der Waals surface area contributed by atoms with Gasteiger partial charge in [-0.3, -0.25) is 9.36 Å². The Hall–Kier alpha value is -2.34. The molecule has 3 N–H and O–H groups in total. The highest BCUT2D eigenvalue weighted by atomic mass is 16.2. The van der Waals surface area contributed by atoms with E-state index in [-0.39, 0.29) is 17.5 Å². The predicted octanol–water partition coefficient (Wildman–Crippen LogP) is 0.714. The van der Waals surface area contributed by atoms with Crippen LogP contribution >= 0.6 is 0 Å². The molecule has 0 spiro atoms. The molecule has 1 unspecified atom stereocenters. The van der Waals surface area contributed by atoms with Gasteiger partial charge >= 0.3 is 5.69 Å². The monoisotopic (exact) mass is 272 g/mol. The Morgan fingerprint density at radius 3 is 2.70 bits per heavy atom. The van der Waals surface area contributed by atoms with Crippen molar-refractivity contribution in [2.45, 2.75) is 6.42 Å². The number of nitrogens with one attached hydrogen (secondary N) is 3. The maximum absolute atomic E-state index is 12.0. The first-order valence-corrected chi connectivity index (χ1v) is 6.62. The minimum absolute atomic E-state index is 0.0431. The second-order valence-electron chi connectivity index (χ2n) is 4.86. The van der Waals surface area contributed by atoms with Gasteiger partial charge in [-0.25, -0.2) is 4.79 Å². The van der Waals surface area contributed by atoms with E-state index in [1.54, 1.807) is 36.7 Å². The van der Waals surface area contributed by atoms with Crippen molar-refractivity contribution >= 4 is 11.6 Å². The molecule has 6 nitrogen and oxygen atoms in total. The standard InChI is InChI=1S/C14H16N4O2/c19-13(10-5-6-15-9-10)17-11-1-3-12(4-2-11)18-8-7-16-14(18)20/h1-4,7-8,10,15H,5-6,9H2,(H,16,20)(H,17,19). The zero-order valence-electron chi connectivity index (χ0n) is 10.9. The third-order valence-electron chi connectivity index (χ3n) is 3.49. The number of hydrogen-bond acceptors (Lipinski definition) is 3. The lowest BCUT2D eigenvalue weighted by Crippen LogP contribution is -2.24. The molecule has 2 heterocycles. The van der Waals surface area contributed by atoms with Gasteiger partial charge in [0.15, 0.2) is 0 Å². The molecule has 1 fully saturated rings. The smallest absolute Gasteiger partial charge is 0.326 e. The largest absolute Gasteiger partial charge is 0.330 e. The van der Waals surface area contributed by atoms with E-state index in [1.165, 1.54) is 4.57 Å². The molecule has 20 heavy (non-hydrogen) atoms. The fourth-order valence-electron chi connectivity index (χ4n) is 2.35. The lowest BCUT2D eigenvalue weighted by atomic mass is 10.1. The molecule has 6 heteroatoms. The fourth-order valence-corrected chi connectivity index (χ4v) is 2.35. The lowest BCUT2D eigenvalue weighted by molar-refractivity contribution is -0.119. The second kappa shape index (κ2) is 5.34. The number of hydrogen-bond donors (Lipinski definition) is 3. The molecular weight excluding hydrogens is 256 g/mol. The van der Waals surface area contributed by atoms with Gasteiger partial charge in [0.05, 0.1) is 11.6 Å². The Kier molecular flexibility index (Phi) is 3.39. The van der Waals surface area contributed by atoms with Crippen LogP contribution in [0.2, 0.25) is 0 Å². The quantitative estimate of drug-likeness (QED) is 0.770. The second-order valence-corrected chi connectivity index (χ2v) is 4.86. The number of carbonyl (C=O) groups is 1. The first-order chi connectivity index (χ1) is 9.74.